The van der Waals surface area contributed by atoms with Gasteiger partial charge in [0.15, 0.2) is 0 Å². The molecule has 66 valence electrons. The summed E-state index contributed by atoms with van der Waals surface area (Å²) in [6.45, 7) is 7.22. The van der Waals surface area contributed by atoms with Gasteiger partial charge in [-0.3, -0.25) is 0 Å². The fourth-order valence-corrected chi connectivity index (χ4v) is 2.05. The lowest BCUT2D eigenvalue weighted by atomic mass is 9.81. The number of aliphatic hydroxyl groups is 1. The van der Waals surface area contributed by atoms with E-state index in [4.69, 9.17) is 5.11 Å². The van der Waals surface area contributed by atoms with Crippen molar-refractivity contribution in [3.8, 4) is 0 Å². The Labute approximate surface area is 69.8 Å². The van der Waals surface area contributed by atoms with Crippen LogP contribution in [0.25, 0.3) is 0 Å². The number of aliphatic hydroxyl groups excluding tert-OH is 1. The van der Waals surface area contributed by atoms with Gasteiger partial charge in [-0.25, -0.2) is 0 Å². The molecule has 11 heavy (non-hydrogen) atoms. The highest BCUT2D eigenvalue weighted by atomic mass is 16.3. The van der Waals surface area contributed by atoms with Crippen LogP contribution in [0.3, 0.4) is 0 Å². The van der Waals surface area contributed by atoms with E-state index >= 15 is 0 Å². The fourth-order valence-electron chi connectivity index (χ4n) is 2.05. The summed E-state index contributed by atoms with van der Waals surface area (Å²) >= 11 is 0. The minimum atomic E-state index is 0.371. The summed E-state index contributed by atoms with van der Waals surface area (Å²) in [4.78, 5) is 0. The van der Waals surface area contributed by atoms with Crippen LogP contribution < -0.4 is 0 Å². The van der Waals surface area contributed by atoms with Crippen LogP contribution in [0.4, 0.5) is 0 Å². The molecule has 1 aliphatic rings. The third kappa shape index (κ3) is 2.82. The monoisotopic (exact) mass is 156 g/mol. The molecule has 0 aromatic carbocycles. The molecule has 1 nitrogen and oxygen atoms in total. The molecule has 1 N–H and O–H groups in total. The van der Waals surface area contributed by atoms with Gasteiger partial charge in [0, 0.05) is 6.61 Å². The van der Waals surface area contributed by atoms with Gasteiger partial charge in [-0.05, 0) is 36.5 Å². The molecule has 0 unspecified atom stereocenters. The maximum atomic E-state index is 8.84. The molecular weight excluding hydrogens is 136 g/mol. The Hall–Kier alpha value is -0.0400. The molecule has 0 aromatic rings. The van der Waals surface area contributed by atoms with Gasteiger partial charge in [-0.15, -0.1) is 0 Å². The summed E-state index contributed by atoms with van der Waals surface area (Å²) in [6.07, 6.45) is 4.97. The van der Waals surface area contributed by atoms with E-state index in [9.17, 15) is 0 Å². The van der Waals surface area contributed by atoms with Crippen LogP contribution in [-0.4, -0.2) is 11.7 Å². The normalized spacial score (nSPS) is 21.8. The Balaban J connectivity index is 2.35. The van der Waals surface area contributed by atoms with E-state index in [1.165, 1.54) is 19.3 Å². The van der Waals surface area contributed by atoms with Crippen LogP contribution in [0.5, 0.6) is 0 Å². The van der Waals surface area contributed by atoms with Crippen LogP contribution in [-0.2, 0) is 0 Å². The first kappa shape index (κ1) is 9.05. The van der Waals surface area contributed by atoms with Crippen molar-refractivity contribution in [2.75, 3.05) is 6.61 Å². The van der Waals surface area contributed by atoms with Gasteiger partial charge in [0.2, 0.25) is 0 Å². The topological polar surface area (TPSA) is 20.2 Å². The smallest absolute Gasteiger partial charge is 0.0436 e. The Bertz CT molecular complexity index is 128. The summed E-state index contributed by atoms with van der Waals surface area (Å²) in [5, 5.41) is 8.84. The zero-order chi connectivity index (χ0) is 8.54. The maximum Gasteiger partial charge on any atom is 0.0436 e. The van der Waals surface area contributed by atoms with Crippen molar-refractivity contribution in [2.24, 2.45) is 10.8 Å². The zero-order valence-corrected chi connectivity index (χ0v) is 7.98. The Morgan fingerprint density at radius 1 is 1.27 bits per heavy atom. The van der Waals surface area contributed by atoms with E-state index < -0.39 is 0 Å². The summed E-state index contributed by atoms with van der Waals surface area (Å²) in [7, 11) is 0. The van der Waals surface area contributed by atoms with Gasteiger partial charge in [-0.1, -0.05) is 20.8 Å². The predicted molar refractivity (Wildman–Crippen MR) is 47.4 cm³/mol. The van der Waals surface area contributed by atoms with Crippen molar-refractivity contribution >= 4 is 0 Å². The lowest BCUT2D eigenvalue weighted by molar-refractivity contribution is 0.204. The second-order valence-electron chi connectivity index (χ2n) is 5.21. The predicted octanol–water partition coefficient (Wildman–Crippen LogP) is 2.59. The summed E-state index contributed by atoms with van der Waals surface area (Å²) in [5.74, 6) is 0. The highest BCUT2D eigenvalue weighted by Gasteiger charge is 2.44. The zero-order valence-electron chi connectivity index (χ0n) is 7.98. The van der Waals surface area contributed by atoms with E-state index in [0.717, 1.165) is 6.42 Å². The quantitative estimate of drug-likeness (QED) is 0.666. The molecule has 1 aliphatic carbocycles. The number of rotatable bonds is 3. The van der Waals surface area contributed by atoms with E-state index in [2.05, 4.69) is 20.8 Å². The first-order valence-electron chi connectivity index (χ1n) is 4.58. The van der Waals surface area contributed by atoms with E-state index in [-0.39, 0.29) is 0 Å². The number of hydrogen-bond donors (Lipinski definition) is 1. The molecule has 0 amide bonds. The third-order valence-electron chi connectivity index (χ3n) is 2.50. The van der Waals surface area contributed by atoms with Crippen LogP contribution >= 0.6 is 0 Å². The largest absolute Gasteiger partial charge is 0.396 e. The molecule has 0 bridgehead atoms. The van der Waals surface area contributed by atoms with Crippen molar-refractivity contribution < 1.29 is 5.11 Å². The molecule has 1 heteroatoms. The van der Waals surface area contributed by atoms with Crippen LogP contribution in [0.1, 0.15) is 46.5 Å². The summed E-state index contributed by atoms with van der Waals surface area (Å²) in [5.41, 5.74) is 0.971. The van der Waals surface area contributed by atoms with Gasteiger partial charge in [-0.2, -0.15) is 0 Å². The van der Waals surface area contributed by atoms with Crippen molar-refractivity contribution in [3.05, 3.63) is 0 Å². The second-order valence-corrected chi connectivity index (χ2v) is 5.21. The van der Waals surface area contributed by atoms with Gasteiger partial charge in [0.1, 0.15) is 0 Å². The minimum absolute atomic E-state index is 0.371. The SMILES string of the molecule is CC(C)(C)CC1(CCO)CC1. The van der Waals surface area contributed by atoms with Crippen molar-refractivity contribution in [2.45, 2.75) is 46.5 Å². The maximum absolute atomic E-state index is 8.84. The molecule has 0 saturated heterocycles. The fraction of sp³-hybridized carbons (Fsp3) is 1.00. The lowest BCUT2D eigenvalue weighted by Gasteiger charge is -2.25. The van der Waals surface area contributed by atoms with Crippen LogP contribution in [0.2, 0.25) is 0 Å². The highest BCUT2D eigenvalue weighted by molar-refractivity contribution is 4.95. The van der Waals surface area contributed by atoms with Gasteiger partial charge < -0.3 is 5.11 Å². The Morgan fingerprint density at radius 3 is 2.09 bits per heavy atom. The van der Waals surface area contributed by atoms with Gasteiger partial charge in [0.05, 0.1) is 0 Å². The van der Waals surface area contributed by atoms with E-state index in [1.807, 2.05) is 0 Å². The Kier molecular flexibility index (Phi) is 2.29. The molecular formula is C10H20O. The van der Waals surface area contributed by atoms with Crippen molar-refractivity contribution in [1.29, 1.82) is 0 Å². The van der Waals surface area contributed by atoms with Crippen molar-refractivity contribution in [1.82, 2.24) is 0 Å². The molecule has 0 spiro atoms. The molecule has 0 heterocycles. The van der Waals surface area contributed by atoms with Crippen LogP contribution in [0, 0.1) is 10.8 Å². The molecule has 0 aromatic heterocycles. The number of hydrogen-bond acceptors (Lipinski definition) is 1. The minimum Gasteiger partial charge on any atom is -0.396 e. The van der Waals surface area contributed by atoms with Gasteiger partial charge in [0.25, 0.3) is 0 Å². The van der Waals surface area contributed by atoms with Gasteiger partial charge >= 0.3 is 0 Å². The highest BCUT2D eigenvalue weighted by Crippen LogP contribution is 2.55. The van der Waals surface area contributed by atoms with Crippen LogP contribution in [0.15, 0.2) is 0 Å². The first-order chi connectivity index (χ1) is 4.97. The van der Waals surface area contributed by atoms with Crippen molar-refractivity contribution in [3.63, 3.8) is 0 Å². The Morgan fingerprint density at radius 2 is 1.82 bits per heavy atom. The summed E-state index contributed by atoms with van der Waals surface area (Å²) < 4.78 is 0. The molecule has 0 atom stereocenters. The average molecular weight is 156 g/mol. The molecule has 1 saturated carbocycles. The average Bonchev–Trinajstić information content (AvgIpc) is 2.44. The standard InChI is InChI=1S/C10H20O/c1-9(2,3)8-10(4-5-10)6-7-11/h11H,4-8H2,1-3H3. The molecule has 1 fully saturated rings. The molecule has 1 rings (SSSR count). The lowest BCUT2D eigenvalue weighted by Crippen LogP contribution is -2.15. The van der Waals surface area contributed by atoms with E-state index in [1.54, 1.807) is 0 Å². The molecule has 0 aliphatic heterocycles. The third-order valence-corrected chi connectivity index (χ3v) is 2.50. The molecule has 0 radical (unpaired) electrons. The first-order valence-corrected chi connectivity index (χ1v) is 4.58. The second kappa shape index (κ2) is 2.78. The summed E-state index contributed by atoms with van der Waals surface area (Å²) in [6, 6.07) is 0. The van der Waals surface area contributed by atoms with E-state index in [0.29, 0.717) is 17.4 Å².